The van der Waals surface area contributed by atoms with E-state index < -0.39 is 0 Å². The predicted molar refractivity (Wildman–Crippen MR) is 114 cm³/mol. The molecular formula is C23H32N2O3S. The third-order valence-electron chi connectivity index (χ3n) is 7.81. The third kappa shape index (κ3) is 3.32. The lowest BCUT2D eigenvalue weighted by molar-refractivity contribution is -0.140. The molecule has 6 rings (SSSR count). The van der Waals surface area contributed by atoms with Crippen LogP contribution in [0.1, 0.15) is 72.7 Å². The maximum Gasteiger partial charge on any atom is 0.341 e. The predicted octanol–water partition coefficient (Wildman–Crippen LogP) is 4.46. The molecule has 5 nitrogen and oxygen atoms in total. The molecule has 1 aliphatic heterocycles. The Morgan fingerprint density at radius 1 is 1.17 bits per heavy atom. The van der Waals surface area contributed by atoms with Gasteiger partial charge in [-0.2, -0.15) is 0 Å². The highest BCUT2D eigenvalue weighted by Crippen LogP contribution is 2.60. The van der Waals surface area contributed by atoms with Crippen LogP contribution in [0.25, 0.3) is 0 Å². The Bertz CT molecular complexity index is 795. The molecule has 6 heteroatoms. The summed E-state index contributed by atoms with van der Waals surface area (Å²) in [6.45, 7) is 5.09. The van der Waals surface area contributed by atoms with Gasteiger partial charge in [-0.15, -0.1) is 11.3 Å². The molecule has 0 atom stereocenters. The summed E-state index contributed by atoms with van der Waals surface area (Å²) in [5, 5.41) is 3.97. The van der Waals surface area contributed by atoms with Gasteiger partial charge in [-0.3, -0.25) is 9.69 Å². The van der Waals surface area contributed by atoms with Crippen LogP contribution in [0.15, 0.2) is 0 Å². The average molecular weight is 417 g/mol. The van der Waals surface area contributed by atoms with Crippen molar-refractivity contribution in [3.8, 4) is 0 Å². The monoisotopic (exact) mass is 416 g/mol. The number of anilines is 1. The second-order valence-corrected chi connectivity index (χ2v) is 11.0. The molecule has 1 N–H and O–H groups in total. The van der Waals surface area contributed by atoms with E-state index in [9.17, 15) is 9.59 Å². The minimum Gasteiger partial charge on any atom is -0.465 e. The molecule has 0 aromatic carbocycles. The number of nitrogens with one attached hydrogen (secondary N) is 1. The van der Waals surface area contributed by atoms with Gasteiger partial charge >= 0.3 is 5.97 Å². The molecule has 0 saturated heterocycles. The third-order valence-corrected chi connectivity index (χ3v) is 8.94. The smallest absolute Gasteiger partial charge is 0.341 e. The summed E-state index contributed by atoms with van der Waals surface area (Å²) < 4.78 is 5.11. The molecule has 4 fully saturated rings. The van der Waals surface area contributed by atoms with Crippen molar-refractivity contribution in [3.05, 3.63) is 16.0 Å². The zero-order valence-corrected chi connectivity index (χ0v) is 18.4. The minimum absolute atomic E-state index is 0.158. The largest absolute Gasteiger partial charge is 0.465 e. The highest BCUT2D eigenvalue weighted by Gasteiger charge is 2.54. The van der Waals surface area contributed by atoms with E-state index in [0.29, 0.717) is 5.56 Å². The molecule has 29 heavy (non-hydrogen) atoms. The van der Waals surface area contributed by atoms with Gasteiger partial charge in [0, 0.05) is 18.0 Å². The number of hydrogen-bond donors (Lipinski definition) is 1. The number of carbonyl (C=O) groups excluding carboxylic acids is 2. The van der Waals surface area contributed by atoms with Gasteiger partial charge in [0.25, 0.3) is 0 Å². The summed E-state index contributed by atoms with van der Waals surface area (Å²) in [6.07, 6.45) is 9.04. The average Bonchev–Trinajstić information content (AvgIpc) is 3.03. The highest BCUT2D eigenvalue weighted by molar-refractivity contribution is 7.17. The maximum absolute atomic E-state index is 13.5. The van der Waals surface area contributed by atoms with Crippen LogP contribution >= 0.6 is 11.3 Å². The summed E-state index contributed by atoms with van der Waals surface area (Å²) in [5.41, 5.74) is 1.50. The standard InChI is InChI=1S/C23H32N2O3S/c1-3-5-25-6-4-17-18(13-25)29-20(19(17)21(26)28-2)24-22(27)23-10-14-7-15(11-23)9-16(8-14)12-23/h14-16H,3-13H2,1-2H3,(H,24,27). The number of amides is 1. The van der Waals surface area contributed by atoms with E-state index in [0.717, 1.165) is 80.1 Å². The lowest BCUT2D eigenvalue weighted by atomic mass is 9.49. The molecule has 4 bridgehead atoms. The van der Waals surface area contributed by atoms with Gasteiger partial charge in [0.1, 0.15) is 5.00 Å². The number of rotatable bonds is 5. The van der Waals surface area contributed by atoms with Crippen molar-refractivity contribution in [2.24, 2.45) is 23.2 Å². The van der Waals surface area contributed by atoms with Crippen molar-refractivity contribution in [3.63, 3.8) is 0 Å². The number of carbonyl (C=O) groups is 2. The lowest BCUT2D eigenvalue weighted by Gasteiger charge is -2.55. The summed E-state index contributed by atoms with van der Waals surface area (Å²) in [4.78, 5) is 29.8. The van der Waals surface area contributed by atoms with Crippen LogP contribution in [0.5, 0.6) is 0 Å². The van der Waals surface area contributed by atoms with Crippen LogP contribution in [-0.2, 0) is 22.5 Å². The Balaban J connectivity index is 1.42. The second-order valence-electron chi connectivity index (χ2n) is 9.88. The molecular weight excluding hydrogens is 384 g/mol. The first-order chi connectivity index (χ1) is 14.0. The first-order valence-electron chi connectivity index (χ1n) is 11.3. The van der Waals surface area contributed by atoms with Crippen molar-refractivity contribution in [1.29, 1.82) is 0 Å². The summed E-state index contributed by atoms with van der Waals surface area (Å²) in [7, 11) is 1.43. The number of fused-ring (bicyclic) bond motifs is 1. The van der Waals surface area contributed by atoms with Gasteiger partial charge in [0.15, 0.2) is 0 Å². The van der Waals surface area contributed by atoms with Gasteiger partial charge in [0.2, 0.25) is 5.91 Å². The van der Waals surface area contributed by atoms with Crippen LogP contribution in [0.2, 0.25) is 0 Å². The first kappa shape index (κ1) is 19.6. The second kappa shape index (κ2) is 7.38. The molecule has 1 aromatic heterocycles. The van der Waals surface area contributed by atoms with E-state index in [1.807, 2.05) is 0 Å². The topological polar surface area (TPSA) is 58.6 Å². The first-order valence-corrected chi connectivity index (χ1v) is 12.1. The minimum atomic E-state index is -0.313. The Morgan fingerprint density at radius 2 is 1.83 bits per heavy atom. The van der Waals surface area contributed by atoms with E-state index in [1.54, 1.807) is 11.3 Å². The molecule has 4 aliphatic carbocycles. The van der Waals surface area contributed by atoms with Gasteiger partial charge in [-0.05, 0) is 81.2 Å². The molecule has 1 amide bonds. The fraction of sp³-hybridized carbons (Fsp3) is 0.739. The Kier molecular flexibility index (Phi) is 4.98. The highest BCUT2D eigenvalue weighted by atomic mass is 32.1. The summed E-state index contributed by atoms with van der Waals surface area (Å²) in [5.74, 6) is 2.03. The van der Waals surface area contributed by atoms with Gasteiger partial charge in [-0.25, -0.2) is 4.79 Å². The van der Waals surface area contributed by atoms with Crippen LogP contribution in [0.3, 0.4) is 0 Å². The van der Waals surface area contributed by atoms with Gasteiger partial charge in [-0.1, -0.05) is 6.92 Å². The van der Waals surface area contributed by atoms with Crippen molar-refractivity contribution in [2.45, 2.75) is 64.8 Å². The number of nitrogens with zero attached hydrogens (tertiary/aromatic N) is 1. The lowest BCUT2D eigenvalue weighted by Crippen LogP contribution is -2.51. The summed E-state index contributed by atoms with van der Waals surface area (Å²) in [6, 6.07) is 0. The molecule has 1 aromatic rings. The normalized spacial score (nSPS) is 32.8. The Hall–Kier alpha value is -1.40. The van der Waals surface area contributed by atoms with E-state index >= 15 is 0 Å². The zero-order chi connectivity index (χ0) is 20.2. The number of hydrogen-bond acceptors (Lipinski definition) is 5. The van der Waals surface area contributed by atoms with Crippen LogP contribution in [-0.4, -0.2) is 37.0 Å². The van der Waals surface area contributed by atoms with Crippen molar-refractivity contribution in [2.75, 3.05) is 25.5 Å². The Labute approximate surface area is 177 Å². The van der Waals surface area contributed by atoms with E-state index in [1.165, 1.54) is 31.2 Å². The zero-order valence-electron chi connectivity index (χ0n) is 17.6. The number of esters is 1. The molecule has 5 aliphatic rings. The molecule has 0 spiro atoms. The molecule has 0 unspecified atom stereocenters. The van der Waals surface area contributed by atoms with Crippen molar-refractivity contribution in [1.82, 2.24) is 4.90 Å². The molecule has 158 valence electrons. The molecule has 0 radical (unpaired) electrons. The van der Waals surface area contributed by atoms with E-state index in [4.69, 9.17) is 4.74 Å². The number of ether oxygens (including phenoxy) is 1. The van der Waals surface area contributed by atoms with Crippen LogP contribution in [0, 0.1) is 23.2 Å². The van der Waals surface area contributed by atoms with Crippen LogP contribution in [0.4, 0.5) is 5.00 Å². The maximum atomic E-state index is 13.5. The fourth-order valence-corrected chi connectivity index (χ4v) is 8.27. The Morgan fingerprint density at radius 3 is 2.41 bits per heavy atom. The molecule has 4 saturated carbocycles. The van der Waals surface area contributed by atoms with Gasteiger partial charge < -0.3 is 10.1 Å². The van der Waals surface area contributed by atoms with Gasteiger partial charge in [0.05, 0.1) is 18.1 Å². The quantitative estimate of drug-likeness (QED) is 0.720. The van der Waals surface area contributed by atoms with E-state index in [-0.39, 0.29) is 17.3 Å². The SMILES string of the molecule is CCCN1CCc2c(sc(NC(=O)C34CC5CC(CC(C5)C3)C4)c2C(=O)OC)C1. The van der Waals surface area contributed by atoms with Crippen molar-refractivity contribution < 1.29 is 14.3 Å². The number of methoxy groups -OCH3 is 1. The van der Waals surface area contributed by atoms with Crippen molar-refractivity contribution >= 4 is 28.2 Å². The van der Waals surface area contributed by atoms with Crippen LogP contribution < -0.4 is 5.32 Å². The summed E-state index contributed by atoms with van der Waals surface area (Å²) >= 11 is 1.59. The van der Waals surface area contributed by atoms with E-state index in [2.05, 4.69) is 17.1 Å². The fourth-order valence-electron chi connectivity index (χ4n) is 6.99. The molecule has 2 heterocycles. The number of thiophene rings is 1.